The summed E-state index contributed by atoms with van der Waals surface area (Å²) in [6, 6.07) is 4.34. The van der Waals surface area contributed by atoms with Crippen LogP contribution in [0.4, 0.5) is 5.82 Å². The van der Waals surface area contributed by atoms with Crippen LogP contribution >= 0.6 is 0 Å². The van der Waals surface area contributed by atoms with E-state index in [0.717, 1.165) is 38.4 Å². The molecule has 0 amide bonds. The van der Waals surface area contributed by atoms with E-state index in [1.165, 1.54) is 24.1 Å². The Kier molecular flexibility index (Phi) is 8.18. The molecule has 1 rings (SSSR count). The first kappa shape index (κ1) is 15.9. The van der Waals surface area contributed by atoms with Crippen LogP contribution in [0.3, 0.4) is 0 Å². The molecule has 0 unspecified atom stereocenters. The Bertz CT molecular complexity index is 355. The van der Waals surface area contributed by atoms with Crippen LogP contribution in [0.1, 0.15) is 31.0 Å². The summed E-state index contributed by atoms with van der Waals surface area (Å²) in [6.07, 6.45) is 4.41. The predicted octanol–water partition coefficient (Wildman–Crippen LogP) is 2.24. The lowest BCUT2D eigenvalue weighted by molar-refractivity contribution is 0.199. The van der Waals surface area contributed by atoms with Gasteiger partial charge < -0.3 is 15.4 Å². The van der Waals surface area contributed by atoms with Gasteiger partial charge in [-0.05, 0) is 43.9 Å². The van der Waals surface area contributed by atoms with E-state index in [4.69, 9.17) is 4.74 Å². The average Bonchev–Trinajstić information content (AvgIpc) is 2.46. The molecular weight excluding hydrogens is 238 g/mol. The molecule has 0 bridgehead atoms. The molecule has 19 heavy (non-hydrogen) atoms. The van der Waals surface area contributed by atoms with E-state index in [0.29, 0.717) is 0 Å². The lowest BCUT2D eigenvalue weighted by atomic mass is 10.1. The van der Waals surface area contributed by atoms with Crippen LogP contribution in [-0.4, -0.2) is 38.8 Å². The average molecular weight is 265 g/mol. The molecule has 0 radical (unpaired) electrons. The summed E-state index contributed by atoms with van der Waals surface area (Å²) in [5, 5.41) is 6.53. The monoisotopic (exact) mass is 265 g/mol. The quantitative estimate of drug-likeness (QED) is 0.637. The van der Waals surface area contributed by atoms with E-state index in [2.05, 4.69) is 34.7 Å². The first-order valence-electron chi connectivity index (χ1n) is 7.18. The van der Waals surface area contributed by atoms with Crippen molar-refractivity contribution in [2.45, 2.75) is 32.6 Å². The van der Waals surface area contributed by atoms with Gasteiger partial charge in [-0.25, -0.2) is 4.98 Å². The van der Waals surface area contributed by atoms with Crippen molar-refractivity contribution in [1.29, 1.82) is 0 Å². The zero-order valence-electron chi connectivity index (χ0n) is 12.5. The number of hydrogen-bond acceptors (Lipinski definition) is 4. The maximum Gasteiger partial charge on any atom is 0.129 e. The van der Waals surface area contributed by atoms with Crippen LogP contribution in [0.2, 0.25) is 0 Å². The highest BCUT2D eigenvalue weighted by Gasteiger charge is 2.02. The van der Waals surface area contributed by atoms with Crippen LogP contribution in [0, 0.1) is 0 Å². The molecule has 0 saturated carbocycles. The van der Waals surface area contributed by atoms with Gasteiger partial charge in [0, 0.05) is 26.4 Å². The highest BCUT2D eigenvalue weighted by Crippen LogP contribution is 2.14. The van der Waals surface area contributed by atoms with Crippen molar-refractivity contribution in [3.63, 3.8) is 0 Å². The molecular formula is C15H27N3O. The molecule has 0 fully saturated rings. The van der Waals surface area contributed by atoms with Crippen molar-refractivity contribution in [2.24, 2.45) is 0 Å². The van der Waals surface area contributed by atoms with Crippen LogP contribution in [-0.2, 0) is 17.6 Å². The van der Waals surface area contributed by atoms with Crippen molar-refractivity contribution in [1.82, 2.24) is 10.3 Å². The van der Waals surface area contributed by atoms with E-state index >= 15 is 0 Å². The largest absolute Gasteiger partial charge is 0.383 e. The van der Waals surface area contributed by atoms with Crippen LogP contribution in [0.25, 0.3) is 0 Å². The van der Waals surface area contributed by atoms with Gasteiger partial charge >= 0.3 is 0 Å². The molecule has 0 spiro atoms. The van der Waals surface area contributed by atoms with Crippen LogP contribution in [0.15, 0.2) is 12.1 Å². The molecule has 108 valence electrons. The molecule has 0 saturated heterocycles. The third-order valence-corrected chi connectivity index (χ3v) is 3.17. The second kappa shape index (κ2) is 9.75. The maximum absolute atomic E-state index is 4.99. The molecule has 1 heterocycles. The van der Waals surface area contributed by atoms with E-state index in [-0.39, 0.29) is 0 Å². The Morgan fingerprint density at radius 3 is 2.74 bits per heavy atom. The fraction of sp³-hybridized carbons (Fsp3) is 0.667. The second-order valence-corrected chi connectivity index (χ2v) is 4.61. The molecule has 0 atom stereocenters. The fourth-order valence-electron chi connectivity index (χ4n) is 2.02. The summed E-state index contributed by atoms with van der Waals surface area (Å²) < 4.78 is 4.99. The van der Waals surface area contributed by atoms with Gasteiger partial charge in [0.15, 0.2) is 0 Å². The summed E-state index contributed by atoms with van der Waals surface area (Å²) in [6.45, 7) is 4.92. The van der Waals surface area contributed by atoms with E-state index < -0.39 is 0 Å². The van der Waals surface area contributed by atoms with Crippen molar-refractivity contribution in [3.05, 3.63) is 23.4 Å². The number of anilines is 1. The SMILES string of the molecule is CCc1ccc(CCCCNCCOC)nc1NC. The third kappa shape index (κ3) is 6.03. The number of nitrogens with one attached hydrogen (secondary N) is 2. The Hall–Kier alpha value is -1.13. The zero-order chi connectivity index (χ0) is 13.9. The third-order valence-electron chi connectivity index (χ3n) is 3.17. The Labute approximate surface area is 117 Å². The Morgan fingerprint density at radius 1 is 1.21 bits per heavy atom. The molecule has 1 aromatic heterocycles. The number of aryl methyl sites for hydroxylation is 2. The fourth-order valence-corrected chi connectivity index (χ4v) is 2.02. The predicted molar refractivity (Wildman–Crippen MR) is 80.8 cm³/mol. The molecule has 0 aliphatic carbocycles. The molecule has 4 nitrogen and oxygen atoms in total. The van der Waals surface area contributed by atoms with Gasteiger partial charge in [-0.3, -0.25) is 0 Å². The molecule has 0 aromatic carbocycles. The molecule has 1 aromatic rings. The lowest BCUT2D eigenvalue weighted by Gasteiger charge is -2.09. The molecule has 4 heteroatoms. The van der Waals surface area contributed by atoms with Gasteiger partial charge in [-0.15, -0.1) is 0 Å². The molecule has 0 aliphatic heterocycles. The number of unbranched alkanes of at least 4 members (excludes halogenated alkanes) is 1. The van der Waals surface area contributed by atoms with Gasteiger partial charge in [-0.1, -0.05) is 13.0 Å². The number of nitrogens with zero attached hydrogens (tertiary/aromatic N) is 1. The highest BCUT2D eigenvalue weighted by atomic mass is 16.5. The Morgan fingerprint density at radius 2 is 2.05 bits per heavy atom. The van der Waals surface area contributed by atoms with E-state index in [1.807, 2.05) is 7.05 Å². The van der Waals surface area contributed by atoms with Crippen LogP contribution in [0.5, 0.6) is 0 Å². The first-order chi connectivity index (χ1) is 9.31. The lowest BCUT2D eigenvalue weighted by Crippen LogP contribution is -2.20. The summed E-state index contributed by atoms with van der Waals surface area (Å²) in [7, 11) is 3.66. The van der Waals surface area contributed by atoms with Gasteiger partial charge in [0.2, 0.25) is 0 Å². The van der Waals surface area contributed by atoms with Crippen molar-refractivity contribution < 1.29 is 4.74 Å². The number of pyridine rings is 1. The van der Waals surface area contributed by atoms with E-state index in [9.17, 15) is 0 Å². The Balaban J connectivity index is 2.26. The number of hydrogen-bond donors (Lipinski definition) is 2. The highest BCUT2D eigenvalue weighted by molar-refractivity contribution is 5.44. The van der Waals surface area contributed by atoms with Crippen molar-refractivity contribution in [3.8, 4) is 0 Å². The van der Waals surface area contributed by atoms with Gasteiger partial charge in [0.1, 0.15) is 5.82 Å². The summed E-state index contributed by atoms with van der Waals surface area (Å²) in [4.78, 5) is 4.66. The minimum absolute atomic E-state index is 0.783. The van der Waals surface area contributed by atoms with Crippen molar-refractivity contribution in [2.75, 3.05) is 39.2 Å². The topological polar surface area (TPSA) is 46.2 Å². The number of methoxy groups -OCH3 is 1. The number of aromatic nitrogens is 1. The smallest absolute Gasteiger partial charge is 0.129 e. The van der Waals surface area contributed by atoms with Gasteiger partial charge in [0.05, 0.1) is 6.61 Å². The number of rotatable bonds is 10. The molecule has 0 aliphatic rings. The minimum Gasteiger partial charge on any atom is -0.383 e. The van der Waals surface area contributed by atoms with Gasteiger partial charge in [-0.2, -0.15) is 0 Å². The first-order valence-corrected chi connectivity index (χ1v) is 7.18. The normalized spacial score (nSPS) is 10.7. The minimum atomic E-state index is 0.783. The number of ether oxygens (including phenoxy) is 1. The zero-order valence-corrected chi connectivity index (χ0v) is 12.5. The standard InChI is InChI=1S/C15H27N3O/c1-4-13-8-9-14(18-15(13)16-2)7-5-6-10-17-11-12-19-3/h8-9,17H,4-7,10-12H2,1-3H3,(H,16,18). The van der Waals surface area contributed by atoms with Gasteiger partial charge in [0.25, 0.3) is 0 Å². The summed E-state index contributed by atoms with van der Waals surface area (Å²) in [5.74, 6) is 1.03. The molecule has 2 N–H and O–H groups in total. The second-order valence-electron chi connectivity index (χ2n) is 4.61. The van der Waals surface area contributed by atoms with Crippen LogP contribution < -0.4 is 10.6 Å². The maximum atomic E-state index is 4.99. The van der Waals surface area contributed by atoms with Crippen molar-refractivity contribution >= 4 is 5.82 Å². The summed E-state index contributed by atoms with van der Waals surface area (Å²) in [5.41, 5.74) is 2.46. The van der Waals surface area contributed by atoms with E-state index in [1.54, 1.807) is 7.11 Å². The summed E-state index contributed by atoms with van der Waals surface area (Å²) >= 11 is 0.